The summed E-state index contributed by atoms with van der Waals surface area (Å²) >= 11 is 0. The van der Waals surface area contributed by atoms with E-state index >= 15 is 0 Å². The van der Waals surface area contributed by atoms with E-state index in [2.05, 4.69) is 10.5 Å². The van der Waals surface area contributed by atoms with Crippen molar-refractivity contribution in [1.82, 2.24) is 5.32 Å². The second-order valence-electron chi connectivity index (χ2n) is 2.11. The van der Waals surface area contributed by atoms with Gasteiger partial charge in [-0.15, -0.1) is 0 Å². The first-order chi connectivity index (χ1) is 3.93. The van der Waals surface area contributed by atoms with Crippen molar-refractivity contribution in [3.8, 4) is 0 Å². The van der Waals surface area contributed by atoms with Gasteiger partial charge >= 0.3 is 0 Å². The van der Waals surface area contributed by atoms with Crippen molar-refractivity contribution >= 4 is 0 Å². The molecule has 0 saturated carbocycles. The second kappa shape index (κ2) is 2.77. The first kappa shape index (κ1) is 5.69. The van der Waals surface area contributed by atoms with Crippen LogP contribution in [-0.2, 0) is 0 Å². The molecule has 0 bridgehead atoms. The number of nitrogens with one attached hydrogen (secondary N) is 1. The van der Waals surface area contributed by atoms with Crippen molar-refractivity contribution in [3.05, 3.63) is 4.91 Å². The molecule has 1 fully saturated rings. The Kier molecular flexibility index (Phi) is 1.97. The summed E-state index contributed by atoms with van der Waals surface area (Å²) in [5.74, 6) is 0. The van der Waals surface area contributed by atoms with Gasteiger partial charge in [-0.2, -0.15) is 4.91 Å². The molecule has 0 spiro atoms. The molecule has 0 aromatic carbocycles. The number of nitroso groups, excluding NO2 is 1. The Bertz CT molecular complexity index is 78.5. The van der Waals surface area contributed by atoms with E-state index in [0.717, 1.165) is 25.9 Å². The van der Waals surface area contributed by atoms with Crippen molar-refractivity contribution < 1.29 is 0 Å². The first-order valence-corrected chi connectivity index (χ1v) is 2.96. The summed E-state index contributed by atoms with van der Waals surface area (Å²) in [6.45, 7) is 1.83. The molecule has 1 heterocycles. The number of nitrogens with zero attached hydrogens (tertiary/aromatic N) is 1. The molecule has 0 amide bonds. The molecule has 3 heteroatoms. The van der Waals surface area contributed by atoms with Gasteiger partial charge in [-0.25, -0.2) is 0 Å². The van der Waals surface area contributed by atoms with Crippen LogP contribution < -0.4 is 5.32 Å². The summed E-state index contributed by atoms with van der Waals surface area (Å²) in [4.78, 5) is 9.87. The molecule has 1 aliphatic heterocycles. The third kappa shape index (κ3) is 1.26. The van der Waals surface area contributed by atoms with Gasteiger partial charge in [-0.05, 0) is 19.4 Å². The van der Waals surface area contributed by atoms with Crippen LogP contribution in [0, 0.1) is 4.91 Å². The Morgan fingerprint density at radius 2 is 2.50 bits per heavy atom. The average Bonchev–Trinajstić information content (AvgIpc) is 1.90. The fourth-order valence-electron chi connectivity index (χ4n) is 0.923. The Morgan fingerprint density at radius 1 is 1.62 bits per heavy atom. The molecule has 0 aromatic heterocycles. The molecular formula is C5H10N2O. The summed E-state index contributed by atoms with van der Waals surface area (Å²) in [6.07, 6.45) is 2.06. The van der Waals surface area contributed by atoms with Gasteiger partial charge in [0, 0.05) is 6.54 Å². The van der Waals surface area contributed by atoms with Crippen molar-refractivity contribution in [2.24, 2.45) is 5.18 Å². The van der Waals surface area contributed by atoms with Gasteiger partial charge < -0.3 is 5.32 Å². The highest BCUT2D eigenvalue weighted by Gasteiger charge is 2.11. The van der Waals surface area contributed by atoms with E-state index in [-0.39, 0.29) is 6.04 Å². The molecular weight excluding hydrogens is 104 g/mol. The highest BCUT2D eigenvalue weighted by atomic mass is 16.3. The third-order valence-electron chi connectivity index (χ3n) is 1.42. The lowest BCUT2D eigenvalue weighted by molar-refractivity contribution is 0.459. The van der Waals surface area contributed by atoms with Crippen LogP contribution in [0.1, 0.15) is 12.8 Å². The number of hydrogen-bond donors (Lipinski definition) is 1. The molecule has 0 unspecified atom stereocenters. The Hall–Kier alpha value is -0.440. The second-order valence-corrected chi connectivity index (χ2v) is 2.11. The highest BCUT2D eigenvalue weighted by Crippen LogP contribution is 2.03. The molecule has 3 nitrogen and oxygen atoms in total. The number of piperidine rings is 1. The van der Waals surface area contributed by atoms with Gasteiger partial charge in [-0.1, -0.05) is 5.18 Å². The van der Waals surface area contributed by atoms with Crippen LogP contribution in [0.5, 0.6) is 0 Å². The predicted molar refractivity (Wildman–Crippen MR) is 31.7 cm³/mol. The van der Waals surface area contributed by atoms with Crippen LogP contribution in [0.3, 0.4) is 0 Å². The van der Waals surface area contributed by atoms with Crippen LogP contribution >= 0.6 is 0 Å². The molecule has 0 radical (unpaired) electrons. The van der Waals surface area contributed by atoms with Crippen LogP contribution in [0.2, 0.25) is 0 Å². The van der Waals surface area contributed by atoms with E-state index < -0.39 is 0 Å². The molecule has 1 rings (SSSR count). The zero-order valence-electron chi connectivity index (χ0n) is 4.76. The molecule has 1 aliphatic rings. The van der Waals surface area contributed by atoms with Gasteiger partial charge in [0.25, 0.3) is 0 Å². The predicted octanol–water partition coefficient (Wildman–Crippen LogP) is 0.505. The van der Waals surface area contributed by atoms with Crippen LogP contribution in [-0.4, -0.2) is 19.1 Å². The van der Waals surface area contributed by atoms with E-state index in [0.29, 0.717) is 0 Å². The zero-order valence-corrected chi connectivity index (χ0v) is 4.76. The minimum absolute atomic E-state index is 0.0451. The standard InChI is InChI=1S/C5H10N2O/c8-7-5-2-1-3-6-4-5/h5-6H,1-4H2/t5-/m0/s1. The van der Waals surface area contributed by atoms with Gasteiger partial charge in [0.05, 0.1) is 0 Å². The third-order valence-corrected chi connectivity index (χ3v) is 1.42. The quantitative estimate of drug-likeness (QED) is 0.504. The molecule has 1 saturated heterocycles. The van der Waals surface area contributed by atoms with Gasteiger partial charge in [0.2, 0.25) is 0 Å². The molecule has 0 aromatic rings. The van der Waals surface area contributed by atoms with Crippen LogP contribution in [0.4, 0.5) is 0 Å². The minimum atomic E-state index is 0.0451. The lowest BCUT2D eigenvalue weighted by atomic mass is 10.1. The lowest BCUT2D eigenvalue weighted by Gasteiger charge is -2.15. The Labute approximate surface area is 48.4 Å². The van der Waals surface area contributed by atoms with Crippen molar-refractivity contribution in [1.29, 1.82) is 0 Å². The van der Waals surface area contributed by atoms with Gasteiger partial charge in [0.1, 0.15) is 6.04 Å². The average molecular weight is 114 g/mol. The Balaban J connectivity index is 2.22. The summed E-state index contributed by atoms with van der Waals surface area (Å²) in [5, 5.41) is 6.03. The fraction of sp³-hybridized carbons (Fsp3) is 1.00. The van der Waals surface area contributed by atoms with E-state index in [1.165, 1.54) is 0 Å². The monoisotopic (exact) mass is 114 g/mol. The van der Waals surface area contributed by atoms with E-state index in [1.54, 1.807) is 0 Å². The molecule has 0 aliphatic carbocycles. The Morgan fingerprint density at radius 3 is 2.88 bits per heavy atom. The maximum absolute atomic E-state index is 9.87. The van der Waals surface area contributed by atoms with Crippen LogP contribution in [0.15, 0.2) is 5.18 Å². The topological polar surface area (TPSA) is 41.5 Å². The van der Waals surface area contributed by atoms with Crippen molar-refractivity contribution in [2.45, 2.75) is 18.9 Å². The maximum atomic E-state index is 9.87. The van der Waals surface area contributed by atoms with Crippen LogP contribution in [0.25, 0.3) is 0 Å². The maximum Gasteiger partial charge on any atom is 0.104 e. The highest BCUT2D eigenvalue weighted by molar-refractivity contribution is 4.73. The molecule has 46 valence electrons. The molecule has 1 atom stereocenters. The van der Waals surface area contributed by atoms with Gasteiger partial charge in [0.15, 0.2) is 0 Å². The summed E-state index contributed by atoms with van der Waals surface area (Å²) in [5.41, 5.74) is 0. The lowest BCUT2D eigenvalue weighted by Crippen LogP contribution is -2.31. The van der Waals surface area contributed by atoms with Gasteiger partial charge in [-0.3, -0.25) is 0 Å². The van der Waals surface area contributed by atoms with E-state index in [9.17, 15) is 4.91 Å². The van der Waals surface area contributed by atoms with E-state index in [1.807, 2.05) is 0 Å². The fourth-order valence-corrected chi connectivity index (χ4v) is 0.923. The summed E-state index contributed by atoms with van der Waals surface area (Å²) in [7, 11) is 0. The van der Waals surface area contributed by atoms with Crippen molar-refractivity contribution in [2.75, 3.05) is 13.1 Å². The minimum Gasteiger partial charge on any atom is -0.314 e. The summed E-state index contributed by atoms with van der Waals surface area (Å²) < 4.78 is 0. The van der Waals surface area contributed by atoms with Crippen molar-refractivity contribution in [3.63, 3.8) is 0 Å². The normalized spacial score (nSPS) is 29.8. The molecule has 1 N–H and O–H groups in total. The largest absolute Gasteiger partial charge is 0.314 e. The zero-order chi connectivity index (χ0) is 5.82. The summed E-state index contributed by atoms with van der Waals surface area (Å²) in [6, 6.07) is 0.0451. The van der Waals surface area contributed by atoms with E-state index in [4.69, 9.17) is 0 Å². The number of rotatable bonds is 1. The number of hydrogen-bond acceptors (Lipinski definition) is 3. The smallest absolute Gasteiger partial charge is 0.104 e. The first-order valence-electron chi connectivity index (χ1n) is 2.96. The SMILES string of the molecule is O=N[C@H]1CCCNC1. The molecule has 8 heavy (non-hydrogen) atoms.